The van der Waals surface area contributed by atoms with E-state index in [4.69, 9.17) is 9.47 Å². The summed E-state index contributed by atoms with van der Waals surface area (Å²) in [6, 6.07) is 0. The minimum atomic E-state index is 0.0749. The van der Waals surface area contributed by atoms with Crippen LogP contribution in [0.15, 0.2) is 0 Å². The lowest BCUT2D eigenvalue weighted by atomic mass is 10.3. The number of hydrogen-bond donors (Lipinski definition) is 2. The number of rotatable bonds is 9. The van der Waals surface area contributed by atoms with Crippen molar-refractivity contribution in [1.29, 1.82) is 0 Å². The van der Waals surface area contributed by atoms with Crippen molar-refractivity contribution in [2.45, 2.75) is 6.42 Å². The molecule has 2 N–H and O–H groups in total. The lowest BCUT2D eigenvalue weighted by Crippen LogP contribution is -2.40. The van der Waals surface area contributed by atoms with Gasteiger partial charge in [-0.3, -0.25) is 9.69 Å². The van der Waals surface area contributed by atoms with Crippen molar-refractivity contribution in [2.24, 2.45) is 0 Å². The van der Waals surface area contributed by atoms with E-state index >= 15 is 0 Å². The Morgan fingerprint density at radius 1 is 1.28 bits per heavy atom. The SMILES string of the molecule is COCCNC(=O)CCNCCN1CCOCC1. The maximum atomic E-state index is 11.3. The number of carbonyl (C=O) groups excluding carboxylic acids is 1. The Morgan fingerprint density at radius 2 is 2.06 bits per heavy atom. The van der Waals surface area contributed by atoms with Crippen molar-refractivity contribution >= 4 is 5.91 Å². The molecule has 0 aromatic heterocycles. The zero-order valence-electron chi connectivity index (χ0n) is 11.2. The number of hydrogen-bond acceptors (Lipinski definition) is 5. The van der Waals surface area contributed by atoms with Crippen LogP contribution < -0.4 is 10.6 Å². The van der Waals surface area contributed by atoms with E-state index < -0.39 is 0 Å². The van der Waals surface area contributed by atoms with Crippen LogP contribution in [0.3, 0.4) is 0 Å². The zero-order valence-corrected chi connectivity index (χ0v) is 11.2. The molecule has 6 heteroatoms. The largest absolute Gasteiger partial charge is 0.383 e. The van der Waals surface area contributed by atoms with Gasteiger partial charge in [0.2, 0.25) is 5.91 Å². The number of ether oxygens (including phenoxy) is 2. The molecule has 106 valence electrons. The van der Waals surface area contributed by atoms with Gasteiger partial charge in [-0.15, -0.1) is 0 Å². The fourth-order valence-corrected chi connectivity index (χ4v) is 1.77. The average molecular weight is 259 g/mol. The van der Waals surface area contributed by atoms with Crippen LogP contribution in [-0.2, 0) is 14.3 Å². The van der Waals surface area contributed by atoms with Crippen molar-refractivity contribution in [2.75, 3.05) is 66.2 Å². The Bertz CT molecular complexity index is 221. The van der Waals surface area contributed by atoms with Gasteiger partial charge in [0.05, 0.1) is 19.8 Å². The van der Waals surface area contributed by atoms with Gasteiger partial charge in [0.1, 0.15) is 0 Å². The third kappa shape index (κ3) is 7.60. The molecule has 0 aromatic rings. The van der Waals surface area contributed by atoms with Crippen molar-refractivity contribution in [3.05, 3.63) is 0 Å². The molecule has 1 rings (SSSR count). The normalized spacial score (nSPS) is 16.7. The van der Waals surface area contributed by atoms with E-state index in [0.717, 1.165) is 45.9 Å². The van der Waals surface area contributed by atoms with Gasteiger partial charge in [-0.1, -0.05) is 0 Å². The van der Waals surface area contributed by atoms with E-state index in [1.807, 2.05) is 0 Å². The molecule has 1 fully saturated rings. The van der Waals surface area contributed by atoms with E-state index in [2.05, 4.69) is 15.5 Å². The average Bonchev–Trinajstić information content (AvgIpc) is 2.40. The molecule has 1 heterocycles. The van der Waals surface area contributed by atoms with E-state index in [1.54, 1.807) is 7.11 Å². The van der Waals surface area contributed by atoms with Crippen molar-refractivity contribution in [3.63, 3.8) is 0 Å². The van der Waals surface area contributed by atoms with Gasteiger partial charge in [0.15, 0.2) is 0 Å². The van der Waals surface area contributed by atoms with Gasteiger partial charge in [-0.25, -0.2) is 0 Å². The fraction of sp³-hybridized carbons (Fsp3) is 0.917. The highest BCUT2D eigenvalue weighted by molar-refractivity contribution is 5.75. The first kappa shape index (κ1) is 15.4. The minimum absolute atomic E-state index is 0.0749. The van der Waals surface area contributed by atoms with Gasteiger partial charge in [0.25, 0.3) is 0 Å². The molecule has 1 aliphatic heterocycles. The van der Waals surface area contributed by atoms with Gasteiger partial charge in [0, 0.05) is 52.8 Å². The van der Waals surface area contributed by atoms with Gasteiger partial charge in [-0.2, -0.15) is 0 Å². The predicted molar refractivity (Wildman–Crippen MR) is 69.6 cm³/mol. The van der Waals surface area contributed by atoms with Crippen LogP contribution in [0.4, 0.5) is 0 Å². The van der Waals surface area contributed by atoms with Crippen molar-refractivity contribution in [1.82, 2.24) is 15.5 Å². The number of nitrogens with zero attached hydrogens (tertiary/aromatic N) is 1. The van der Waals surface area contributed by atoms with Crippen LogP contribution in [-0.4, -0.2) is 77.0 Å². The third-order valence-corrected chi connectivity index (χ3v) is 2.87. The molecule has 0 atom stereocenters. The Hall–Kier alpha value is -0.690. The summed E-state index contributed by atoms with van der Waals surface area (Å²) in [6.07, 6.45) is 0.521. The molecular formula is C12H25N3O3. The lowest BCUT2D eigenvalue weighted by Gasteiger charge is -2.26. The molecular weight excluding hydrogens is 234 g/mol. The minimum Gasteiger partial charge on any atom is -0.383 e. The second-order valence-electron chi connectivity index (χ2n) is 4.30. The molecule has 1 aliphatic rings. The summed E-state index contributed by atoms with van der Waals surface area (Å²) in [7, 11) is 1.62. The van der Waals surface area contributed by atoms with Crippen LogP contribution in [0.25, 0.3) is 0 Å². The molecule has 0 saturated carbocycles. The van der Waals surface area contributed by atoms with Crippen LogP contribution >= 0.6 is 0 Å². The molecule has 0 radical (unpaired) electrons. The maximum absolute atomic E-state index is 11.3. The van der Waals surface area contributed by atoms with E-state index in [9.17, 15) is 4.79 Å². The predicted octanol–water partition coefficient (Wildman–Crippen LogP) is -0.939. The first-order chi connectivity index (χ1) is 8.83. The molecule has 0 unspecified atom stereocenters. The van der Waals surface area contributed by atoms with Crippen molar-refractivity contribution < 1.29 is 14.3 Å². The fourth-order valence-electron chi connectivity index (χ4n) is 1.77. The molecule has 1 saturated heterocycles. The first-order valence-electron chi connectivity index (χ1n) is 6.59. The summed E-state index contributed by atoms with van der Waals surface area (Å²) < 4.78 is 10.1. The summed E-state index contributed by atoms with van der Waals surface area (Å²) in [5, 5.41) is 6.07. The second kappa shape index (κ2) is 10.3. The summed E-state index contributed by atoms with van der Waals surface area (Å²) in [6.45, 7) is 7.52. The summed E-state index contributed by atoms with van der Waals surface area (Å²) in [4.78, 5) is 13.7. The number of carbonyl (C=O) groups is 1. The molecule has 6 nitrogen and oxygen atoms in total. The highest BCUT2D eigenvalue weighted by Gasteiger charge is 2.08. The van der Waals surface area contributed by atoms with E-state index in [1.165, 1.54) is 0 Å². The third-order valence-electron chi connectivity index (χ3n) is 2.87. The number of methoxy groups -OCH3 is 1. The second-order valence-corrected chi connectivity index (χ2v) is 4.30. The standard InChI is InChI=1S/C12H25N3O3/c1-17-9-5-14-12(16)2-3-13-4-6-15-7-10-18-11-8-15/h13H,2-11H2,1H3,(H,14,16). The number of morpholine rings is 1. The molecule has 0 bridgehead atoms. The highest BCUT2D eigenvalue weighted by atomic mass is 16.5. The highest BCUT2D eigenvalue weighted by Crippen LogP contribution is 1.94. The number of amides is 1. The number of nitrogens with one attached hydrogen (secondary N) is 2. The maximum Gasteiger partial charge on any atom is 0.221 e. The molecule has 0 aromatic carbocycles. The Balaban J connectivity index is 1.86. The first-order valence-corrected chi connectivity index (χ1v) is 6.59. The van der Waals surface area contributed by atoms with E-state index in [0.29, 0.717) is 19.6 Å². The summed E-state index contributed by atoms with van der Waals surface area (Å²) in [5.74, 6) is 0.0749. The van der Waals surface area contributed by atoms with Gasteiger partial charge < -0.3 is 20.1 Å². The Kier molecular flexibility index (Phi) is 8.75. The smallest absolute Gasteiger partial charge is 0.221 e. The molecule has 0 spiro atoms. The van der Waals surface area contributed by atoms with Crippen LogP contribution in [0, 0.1) is 0 Å². The van der Waals surface area contributed by atoms with Gasteiger partial charge >= 0.3 is 0 Å². The Morgan fingerprint density at radius 3 is 2.78 bits per heavy atom. The van der Waals surface area contributed by atoms with E-state index in [-0.39, 0.29) is 5.91 Å². The van der Waals surface area contributed by atoms with Crippen LogP contribution in [0.1, 0.15) is 6.42 Å². The zero-order chi connectivity index (χ0) is 13.1. The molecule has 18 heavy (non-hydrogen) atoms. The summed E-state index contributed by atoms with van der Waals surface area (Å²) in [5.41, 5.74) is 0. The quantitative estimate of drug-likeness (QED) is 0.523. The van der Waals surface area contributed by atoms with Gasteiger partial charge in [-0.05, 0) is 0 Å². The lowest BCUT2D eigenvalue weighted by molar-refractivity contribution is -0.121. The van der Waals surface area contributed by atoms with Crippen molar-refractivity contribution in [3.8, 4) is 0 Å². The Labute approximate surface area is 109 Å². The molecule has 1 amide bonds. The van der Waals surface area contributed by atoms with Crippen LogP contribution in [0.2, 0.25) is 0 Å². The topological polar surface area (TPSA) is 62.8 Å². The monoisotopic (exact) mass is 259 g/mol. The summed E-state index contributed by atoms with van der Waals surface area (Å²) >= 11 is 0. The molecule has 0 aliphatic carbocycles. The van der Waals surface area contributed by atoms with Crippen LogP contribution in [0.5, 0.6) is 0 Å².